The monoisotopic (exact) mass is 424 g/mol. The molecule has 2 rings (SSSR count). The van der Waals surface area contributed by atoms with Crippen LogP contribution in [0.15, 0.2) is 23.1 Å². The average Bonchev–Trinajstić information content (AvgIpc) is 2.83. The topological polar surface area (TPSA) is 88.3 Å². The molecule has 0 aliphatic carbocycles. The zero-order valence-electron chi connectivity index (χ0n) is 14.5. The van der Waals surface area contributed by atoms with Gasteiger partial charge in [-0.15, -0.1) is 0 Å². The molecular formula is C16H16ClF3N2O4S. The van der Waals surface area contributed by atoms with Crippen molar-refractivity contribution in [3.63, 3.8) is 0 Å². The summed E-state index contributed by atoms with van der Waals surface area (Å²) in [6.45, 7) is 4.50. The standard InChI is InChI=1S/C16H16ClF3N2O4S/c1-4-26-15(23)13-8(2)21-9(3)14(13)27(24,25)22-10-5-6-12(17)11(7-10)16(18,19)20/h5-7,21-22H,4H2,1-3H3. The maximum absolute atomic E-state index is 13.0. The van der Waals surface area contributed by atoms with E-state index in [2.05, 4.69) is 9.71 Å². The Kier molecular flexibility index (Phi) is 5.81. The molecule has 0 amide bonds. The lowest BCUT2D eigenvalue weighted by molar-refractivity contribution is -0.137. The summed E-state index contributed by atoms with van der Waals surface area (Å²) >= 11 is 5.54. The Labute approximate surface area is 158 Å². The van der Waals surface area contributed by atoms with Gasteiger partial charge in [-0.1, -0.05) is 11.6 Å². The summed E-state index contributed by atoms with van der Waals surface area (Å²) in [5.74, 6) is -0.855. The van der Waals surface area contributed by atoms with Gasteiger partial charge in [-0.05, 0) is 39.0 Å². The molecule has 0 unspecified atom stereocenters. The lowest BCUT2D eigenvalue weighted by atomic mass is 10.2. The first-order chi connectivity index (χ1) is 12.4. The molecule has 1 heterocycles. The first-order valence-electron chi connectivity index (χ1n) is 7.64. The maximum atomic E-state index is 13.0. The summed E-state index contributed by atoms with van der Waals surface area (Å²) in [4.78, 5) is 14.5. The number of aromatic nitrogens is 1. The number of carbonyl (C=O) groups excluding carboxylic acids is 1. The molecule has 0 atom stereocenters. The molecule has 0 fully saturated rings. The number of H-pyrrole nitrogens is 1. The van der Waals surface area contributed by atoms with Crippen molar-refractivity contribution in [2.45, 2.75) is 31.8 Å². The third kappa shape index (κ3) is 4.38. The first kappa shape index (κ1) is 21.1. The highest BCUT2D eigenvalue weighted by Gasteiger charge is 2.34. The van der Waals surface area contributed by atoms with E-state index in [0.717, 1.165) is 12.1 Å². The van der Waals surface area contributed by atoms with Crippen LogP contribution in [-0.2, 0) is 20.9 Å². The number of benzene rings is 1. The molecule has 2 N–H and O–H groups in total. The molecule has 0 bridgehead atoms. The van der Waals surface area contributed by atoms with E-state index in [1.54, 1.807) is 6.92 Å². The number of esters is 1. The summed E-state index contributed by atoms with van der Waals surface area (Å²) in [5, 5.41) is -0.564. The molecule has 2 aromatic rings. The molecule has 11 heteroatoms. The van der Waals surface area contributed by atoms with Gasteiger partial charge in [0.05, 0.1) is 17.2 Å². The van der Waals surface area contributed by atoms with Crippen molar-refractivity contribution < 1.29 is 31.1 Å². The SMILES string of the molecule is CCOC(=O)c1c(C)[nH]c(C)c1S(=O)(=O)Nc1ccc(Cl)c(C(F)(F)F)c1. The van der Waals surface area contributed by atoms with Crippen LogP contribution >= 0.6 is 11.6 Å². The molecule has 0 radical (unpaired) electrons. The predicted molar refractivity (Wildman–Crippen MR) is 93.5 cm³/mol. The molecule has 0 spiro atoms. The second kappa shape index (κ2) is 7.43. The predicted octanol–water partition coefficient (Wildman–Crippen LogP) is 4.28. The first-order valence-corrected chi connectivity index (χ1v) is 9.50. The van der Waals surface area contributed by atoms with Crippen LogP contribution in [0.1, 0.15) is 34.2 Å². The van der Waals surface area contributed by atoms with E-state index in [4.69, 9.17) is 16.3 Å². The number of hydrogen-bond acceptors (Lipinski definition) is 4. The number of nitrogens with one attached hydrogen (secondary N) is 2. The Morgan fingerprint density at radius 3 is 2.44 bits per heavy atom. The lowest BCUT2D eigenvalue weighted by Crippen LogP contribution is -2.18. The van der Waals surface area contributed by atoms with Crippen LogP contribution < -0.4 is 4.72 Å². The van der Waals surface area contributed by atoms with Crippen molar-refractivity contribution in [1.29, 1.82) is 0 Å². The number of rotatable bonds is 5. The van der Waals surface area contributed by atoms with Crippen molar-refractivity contribution in [2.75, 3.05) is 11.3 Å². The molecule has 6 nitrogen and oxygen atoms in total. The quantitative estimate of drug-likeness (QED) is 0.701. The lowest BCUT2D eigenvalue weighted by Gasteiger charge is -2.13. The number of ether oxygens (including phenoxy) is 1. The molecule has 0 aliphatic rings. The zero-order chi connectivity index (χ0) is 20.6. The van der Waals surface area contributed by atoms with E-state index < -0.39 is 32.8 Å². The molecular weight excluding hydrogens is 409 g/mol. The van der Waals surface area contributed by atoms with E-state index in [0.29, 0.717) is 6.07 Å². The fourth-order valence-corrected chi connectivity index (χ4v) is 4.28. The molecule has 1 aromatic heterocycles. The average molecular weight is 425 g/mol. The van der Waals surface area contributed by atoms with Gasteiger partial charge in [-0.3, -0.25) is 4.72 Å². The minimum Gasteiger partial charge on any atom is -0.462 e. The summed E-state index contributed by atoms with van der Waals surface area (Å²) in [6.07, 6.45) is -4.75. The van der Waals surface area contributed by atoms with Crippen molar-refractivity contribution in [3.05, 3.63) is 45.7 Å². The number of carbonyl (C=O) groups is 1. The zero-order valence-corrected chi connectivity index (χ0v) is 16.1. The molecule has 0 aliphatic heterocycles. The second-order valence-electron chi connectivity index (χ2n) is 5.60. The Morgan fingerprint density at radius 1 is 1.26 bits per heavy atom. The summed E-state index contributed by atoms with van der Waals surface area (Å²) in [6, 6.07) is 2.61. The van der Waals surface area contributed by atoms with E-state index >= 15 is 0 Å². The number of halogens is 4. The van der Waals surface area contributed by atoms with Crippen LogP contribution in [0.25, 0.3) is 0 Å². The summed E-state index contributed by atoms with van der Waals surface area (Å²) < 4.78 is 71.4. The molecule has 0 saturated heterocycles. The number of alkyl halides is 3. The fourth-order valence-electron chi connectivity index (χ4n) is 2.56. The van der Waals surface area contributed by atoms with Crippen LogP contribution in [0.4, 0.5) is 18.9 Å². The Hall–Kier alpha value is -2.20. The highest BCUT2D eigenvalue weighted by molar-refractivity contribution is 7.92. The van der Waals surface area contributed by atoms with Crippen molar-refractivity contribution in [2.24, 2.45) is 0 Å². The van der Waals surface area contributed by atoms with E-state index in [9.17, 15) is 26.4 Å². The van der Waals surface area contributed by atoms with E-state index in [-0.39, 0.29) is 34.1 Å². The summed E-state index contributed by atoms with van der Waals surface area (Å²) in [7, 11) is -4.38. The third-order valence-electron chi connectivity index (χ3n) is 3.59. The van der Waals surface area contributed by atoms with Gasteiger partial charge >= 0.3 is 12.1 Å². The van der Waals surface area contributed by atoms with Gasteiger partial charge in [-0.25, -0.2) is 13.2 Å². The van der Waals surface area contributed by atoms with Gasteiger partial charge in [-0.2, -0.15) is 13.2 Å². The number of sulfonamides is 1. The van der Waals surface area contributed by atoms with E-state index in [1.807, 2.05) is 0 Å². The van der Waals surface area contributed by atoms with Crippen LogP contribution in [0.2, 0.25) is 5.02 Å². The maximum Gasteiger partial charge on any atom is 0.417 e. The molecule has 148 valence electrons. The Morgan fingerprint density at radius 2 is 1.89 bits per heavy atom. The van der Waals surface area contributed by atoms with E-state index in [1.165, 1.54) is 13.8 Å². The van der Waals surface area contributed by atoms with Crippen LogP contribution in [-0.4, -0.2) is 26.0 Å². The summed E-state index contributed by atoms with van der Waals surface area (Å²) in [5.41, 5.74) is -1.32. The molecule has 0 saturated carbocycles. The Balaban J connectivity index is 2.52. The van der Waals surface area contributed by atoms with Gasteiger partial charge < -0.3 is 9.72 Å². The van der Waals surface area contributed by atoms with Gasteiger partial charge in [0.25, 0.3) is 10.0 Å². The highest BCUT2D eigenvalue weighted by atomic mass is 35.5. The van der Waals surface area contributed by atoms with Gasteiger partial charge in [0.15, 0.2) is 0 Å². The highest BCUT2D eigenvalue weighted by Crippen LogP contribution is 2.37. The second-order valence-corrected chi connectivity index (χ2v) is 7.62. The number of hydrogen-bond donors (Lipinski definition) is 2. The van der Waals surface area contributed by atoms with Crippen molar-refractivity contribution >= 4 is 33.3 Å². The number of aromatic amines is 1. The third-order valence-corrected chi connectivity index (χ3v) is 5.47. The molecule has 1 aromatic carbocycles. The largest absolute Gasteiger partial charge is 0.462 e. The van der Waals surface area contributed by atoms with Crippen LogP contribution in [0.5, 0.6) is 0 Å². The number of aryl methyl sites for hydroxylation is 2. The number of anilines is 1. The van der Waals surface area contributed by atoms with Crippen LogP contribution in [0, 0.1) is 13.8 Å². The minimum absolute atomic E-state index is 0.0293. The normalized spacial score (nSPS) is 12.1. The molecule has 27 heavy (non-hydrogen) atoms. The van der Waals surface area contributed by atoms with Gasteiger partial charge in [0.2, 0.25) is 0 Å². The Bertz CT molecular complexity index is 984. The van der Waals surface area contributed by atoms with Crippen LogP contribution in [0.3, 0.4) is 0 Å². The minimum atomic E-state index is -4.75. The smallest absolute Gasteiger partial charge is 0.417 e. The van der Waals surface area contributed by atoms with Gasteiger partial charge in [0.1, 0.15) is 10.5 Å². The van der Waals surface area contributed by atoms with Crippen molar-refractivity contribution in [1.82, 2.24) is 4.98 Å². The van der Waals surface area contributed by atoms with Gasteiger partial charge in [0, 0.05) is 17.1 Å². The van der Waals surface area contributed by atoms with Crippen molar-refractivity contribution in [3.8, 4) is 0 Å². The fraction of sp³-hybridized carbons (Fsp3) is 0.312.